The summed E-state index contributed by atoms with van der Waals surface area (Å²) in [4.78, 5) is 28.2. The molecule has 9 nitrogen and oxygen atoms in total. The third kappa shape index (κ3) is 8.66. The molecule has 4 atom stereocenters. The van der Waals surface area contributed by atoms with Crippen molar-refractivity contribution < 1.29 is 24.2 Å². The number of nitrogens with zero attached hydrogens (tertiary/aromatic N) is 2. The van der Waals surface area contributed by atoms with Gasteiger partial charge in [0.2, 0.25) is 11.8 Å². The van der Waals surface area contributed by atoms with Crippen LogP contribution in [0, 0.1) is 5.92 Å². The summed E-state index contributed by atoms with van der Waals surface area (Å²) in [6.45, 7) is 5.38. The van der Waals surface area contributed by atoms with Gasteiger partial charge in [0.25, 0.3) is 0 Å². The molecule has 1 aliphatic heterocycles. The van der Waals surface area contributed by atoms with Crippen LogP contribution in [0.25, 0.3) is 22.2 Å². The van der Waals surface area contributed by atoms with Gasteiger partial charge < -0.3 is 29.8 Å². The second kappa shape index (κ2) is 16.7. The summed E-state index contributed by atoms with van der Waals surface area (Å²) in [6.07, 6.45) is 3.91. The molecular formula is C41H46N4O5. The van der Waals surface area contributed by atoms with Gasteiger partial charge in [-0.15, -0.1) is 0 Å². The van der Waals surface area contributed by atoms with Crippen LogP contribution in [0.3, 0.4) is 0 Å². The van der Waals surface area contributed by atoms with Gasteiger partial charge in [-0.3, -0.25) is 9.59 Å². The van der Waals surface area contributed by atoms with E-state index in [2.05, 4.69) is 63.5 Å². The van der Waals surface area contributed by atoms with E-state index in [0.717, 1.165) is 63.7 Å². The first-order valence-electron chi connectivity index (χ1n) is 17.5. The smallest absolute Gasteiger partial charge is 0.220 e. The fraction of sp³-hybridized carbons (Fsp3) is 0.341. The third-order valence-corrected chi connectivity index (χ3v) is 9.47. The van der Waals surface area contributed by atoms with E-state index in [1.165, 1.54) is 6.92 Å². The number of ether oxygens (including phenoxy) is 2. The second-order valence-electron chi connectivity index (χ2n) is 13.1. The molecule has 5 aromatic rings. The molecule has 0 saturated carbocycles. The Hall–Kier alpha value is -4.83. The number of unbranched alkanes of at least 4 members (excludes halogenated alkanes) is 2. The van der Waals surface area contributed by atoms with Crippen LogP contribution in [0.1, 0.15) is 74.2 Å². The Labute approximate surface area is 293 Å². The van der Waals surface area contributed by atoms with Crippen molar-refractivity contribution in [1.29, 1.82) is 0 Å². The maximum Gasteiger partial charge on any atom is 0.220 e. The van der Waals surface area contributed by atoms with E-state index in [9.17, 15) is 14.7 Å². The average Bonchev–Trinajstić information content (AvgIpc) is 3.55. The monoisotopic (exact) mass is 674 g/mol. The quantitative estimate of drug-likeness (QED) is 0.109. The minimum absolute atomic E-state index is 0.00655. The van der Waals surface area contributed by atoms with Crippen LogP contribution in [0.2, 0.25) is 0 Å². The summed E-state index contributed by atoms with van der Waals surface area (Å²) in [6, 6.07) is 32.5. The van der Waals surface area contributed by atoms with Gasteiger partial charge in [-0.05, 0) is 52.8 Å². The molecular weight excluding hydrogens is 628 g/mol. The topological polar surface area (TPSA) is 115 Å². The Kier molecular flexibility index (Phi) is 11.7. The molecule has 1 aliphatic rings. The zero-order valence-corrected chi connectivity index (χ0v) is 28.8. The number of aliphatic hydroxyl groups excluding tert-OH is 1. The number of imidazole rings is 1. The molecule has 0 radical (unpaired) electrons. The maximum absolute atomic E-state index is 12.6. The van der Waals surface area contributed by atoms with Gasteiger partial charge in [-0.25, -0.2) is 4.98 Å². The highest BCUT2D eigenvalue weighted by Crippen LogP contribution is 2.42. The molecule has 50 heavy (non-hydrogen) atoms. The number of fused-ring (bicyclic) bond motifs is 1. The van der Waals surface area contributed by atoms with Crippen molar-refractivity contribution in [3.63, 3.8) is 0 Å². The first-order chi connectivity index (χ1) is 24.4. The van der Waals surface area contributed by atoms with Crippen molar-refractivity contribution in [2.75, 3.05) is 6.54 Å². The molecule has 1 fully saturated rings. The molecule has 9 heteroatoms. The zero-order chi connectivity index (χ0) is 34.9. The van der Waals surface area contributed by atoms with E-state index in [1.54, 1.807) is 0 Å². The Balaban J connectivity index is 1.15. The predicted octanol–water partition coefficient (Wildman–Crippen LogP) is 7.00. The lowest BCUT2D eigenvalue weighted by Crippen LogP contribution is -2.39. The molecule has 0 aliphatic carbocycles. The van der Waals surface area contributed by atoms with Crippen LogP contribution in [-0.4, -0.2) is 39.1 Å². The number of aliphatic hydroxyl groups is 1. The van der Waals surface area contributed by atoms with Crippen molar-refractivity contribution in [3.8, 4) is 11.1 Å². The molecule has 4 aromatic carbocycles. The first-order valence-corrected chi connectivity index (χ1v) is 17.5. The summed E-state index contributed by atoms with van der Waals surface area (Å²) < 4.78 is 15.6. The highest BCUT2D eigenvalue weighted by molar-refractivity contribution is 5.77. The van der Waals surface area contributed by atoms with Gasteiger partial charge >= 0.3 is 0 Å². The van der Waals surface area contributed by atoms with Crippen LogP contribution in [0.4, 0.5) is 0 Å². The Bertz CT molecular complexity index is 1870. The van der Waals surface area contributed by atoms with Crippen molar-refractivity contribution in [3.05, 3.63) is 126 Å². The van der Waals surface area contributed by atoms with Gasteiger partial charge in [0.05, 0.1) is 42.7 Å². The SMILES string of the molecule is CC(=O)NCCCCCC(=O)NCc1ccccc1-c1ccc([C@@H]2O[C@H](Cn3cnc4ccccc43)[C@H](C)[C@H](c3ccc(CO)cc3)O2)cc1. The molecule has 6 rings (SSSR count). The number of nitrogens with one attached hydrogen (secondary N) is 2. The van der Waals surface area contributed by atoms with E-state index in [-0.39, 0.29) is 36.5 Å². The molecule has 2 amide bonds. The summed E-state index contributed by atoms with van der Waals surface area (Å²) in [5.74, 6) is 0.0347. The molecule has 260 valence electrons. The molecule has 0 spiro atoms. The van der Waals surface area contributed by atoms with Gasteiger partial charge in [-0.2, -0.15) is 0 Å². The van der Waals surface area contributed by atoms with Gasteiger partial charge in [0.1, 0.15) is 0 Å². The minimum atomic E-state index is -0.588. The number of benzene rings is 4. The number of hydrogen-bond donors (Lipinski definition) is 3. The predicted molar refractivity (Wildman–Crippen MR) is 194 cm³/mol. The maximum atomic E-state index is 12.6. The van der Waals surface area contributed by atoms with Crippen LogP contribution >= 0.6 is 0 Å². The highest BCUT2D eigenvalue weighted by Gasteiger charge is 2.38. The number of carbonyl (C=O) groups excluding carboxylic acids is 2. The summed E-state index contributed by atoms with van der Waals surface area (Å²) in [7, 11) is 0. The fourth-order valence-corrected chi connectivity index (χ4v) is 6.59. The van der Waals surface area contributed by atoms with Crippen LogP contribution in [-0.2, 0) is 38.8 Å². The van der Waals surface area contributed by atoms with Crippen LogP contribution < -0.4 is 10.6 Å². The molecule has 1 aromatic heterocycles. The molecule has 2 heterocycles. The van der Waals surface area contributed by atoms with Crippen LogP contribution in [0.15, 0.2) is 103 Å². The molecule has 3 N–H and O–H groups in total. The van der Waals surface area contributed by atoms with Crippen molar-refractivity contribution in [2.24, 2.45) is 5.92 Å². The second-order valence-corrected chi connectivity index (χ2v) is 13.1. The number of carbonyl (C=O) groups is 2. The number of aromatic nitrogens is 2. The van der Waals surface area contributed by atoms with E-state index >= 15 is 0 Å². The van der Waals surface area contributed by atoms with Crippen molar-refractivity contribution in [2.45, 2.75) is 77.7 Å². The molecule has 0 unspecified atom stereocenters. The molecule has 0 bridgehead atoms. The number of rotatable bonds is 14. The Morgan fingerprint density at radius 2 is 1.58 bits per heavy atom. The standard InChI is InChI=1S/C41H46N4O5/c1-28-38(25-45-27-44-36-12-7-8-13-37(36)45)49-41(50-40(28)32-17-15-30(26-46)16-18-32)33-21-19-31(20-22-33)35-11-6-5-10-34(35)24-43-39(48)14-4-3-9-23-42-29(2)47/h5-8,10-13,15-22,27-28,38,40-41,46H,3-4,9,14,23-26H2,1-2H3,(H,42,47)(H,43,48)/t28-,38+,40+,41+/m0/s1. The number of hydrogen-bond acceptors (Lipinski definition) is 6. The zero-order valence-electron chi connectivity index (χ0n) is 28.8. The van der Waals surface area contributed by atoms with Crippen LogP contribution in [0.5, 0.6) is 0 Å². The van der Waals surface area contributed by atoms with Gasteiger partial charge in [0.15, 0.2) is 6.29 Å². The lowest BCUT2D eigenvalue weighted by molar-refractivity contribution is -0.276. The summed E-state index contributed by atoms with van der Waals surface area (Å²) in [5, 5.41) is 15.5. The Morgan fingerprint density at radius 3 is 2.36 bits per heavy atom. The lowest BCUT2D eigenvalue weighted by atomic mass is 9.90. The largest absolute Gasteiger partial charge is 0.392 e. The first kappa shape index (κ1) is 35.0. The minimum Gasteiger partial charge on any atom is -0.392 e. The summed E-state index contributed by atoms with van der Waals surface area (Å²) >= 11 is 0. The molecule has 1 saturated heterocycles. The van der Waals surface area contributed by atoms with Gasteiger partial charge in [-0.1, -0.05) is 98.3 Å². The fourth-order valence-electron chi connectivity index (χ4n) is 6.59. The average molecular weight is 675 g/mol. The number of para-hydroxylation sites is 2. The lowest BCUT2D eigenvalue weighted by Gasteiger charge is -2.41. The van der Waals surface area contributed by atoms with Crippen molar-refractivity contribution >= 4 is 22.8 Å². The third-order valence-electron chi connectivity index (χ3n) is 9.47. The Morgan fingerprint density at radius 1 is 0.840 bits per heavy atom. The van der Waals surface area contributed by atoms with E-state index in [1.807, 2.05) is 67.0 Å². The van der Waals surface area contributed by atoms with Gasteiger partial charge in [0, 0.05) is 37.9 Å². The normalized spacial score (nSPS) is 18.9. The van der Waals surface area contributed by atoms with E-state index in [0.29, 0.717) is 26.1 Å². The summed E-state index contributed by atoms with van der Waals surface area (Å²) in [5.41, 5.74) is 7.97. The van der Waals surface area contributed by atoms with E-state index in [4.69, 9.17) is 9.47 Å². The number of amides is 2. The van der Waals surface area contributed by atoms with E-state index < -0.39 is 6.29 Å². The highest BCUT2D eigenvalue weighted by atomic mass is 16.7. The van der Waals surface area contributed by atoms with Crippen molar-refractivity contribution in [1.82, 2.24) is 20.2 Å².